The summed E-state index contributed by atoms with van der Waals surface area (Å²) in [6, 6.07) is 10.2. The van der Waals surface area contributed by atoms with Crippen molar-refractivity contribution in [2.24, 2.45) is 5.73 Å². The lowest BCUT2D eigenvalue weighted by Crippen LogP contribution is -2.22. The molecule has 0 fully saturated rings. The van der Waals surface area contributed by atoms with E-state index in [1.807, 2.05) is 0 Å². The molecule has 0 saturated heterocycles. The Morgan fingerprint density at radius 1 is 1.25 bits per heavy atom. The number of methoxy groups -OCH3 is 1. The van der Waals surface area contributed by atoms with Gasteiger partial charge in [0.25, 0.3) is 0 Å². The summed E-state index contributed by atoms with van der Waals surface area (Å²) in [5.74, 6) is 0.586. The molecule has 4 rings (SSSR count). The van der Waals surface area contributed by atoms with E-state index in [4.69, 9.17) is 24.7 Å². The number of nitriles is 1. The Morgan fingerprint density at radius 3 is 2.75 bits per heavy atom. The van der Waals surface area contributed by atoms with Crippen molar-refractivity contribution in [2.45, 2.75) is 5.92 Å². The number of hydrogen-bond donors (Lipinski definition) is 1. The van der Waals surface area contributed by atoms with Crippen molar-refractivity contribution in [3.63, 3.8) is 0 Å². The fourth-order valence-corrected chi connectivity index (χ4v) is 3.36. The smallest absolute Gasteiger partial charge is 0.315 e. The highest BCUT2D eigenvalue weighted by atomic mass is 16.6. The minimum absolute atomic E-state index is 0.0641. The van der Waals surface area contributed by atoms with Crippen LogP contribution in [-0.2, 0) is 0 Å². The van der Waals surface area contributed by atoms with Gasteiger partial charge in [0, 0.05) is 17.7 Å². The number of nitro benzene ring substituents is 1. The molecule has 2 N–H and O–H groups in total. The second kappa shape index (κ2) is 6.66. The number of nitrogens with zero attached hydrogens (tertiary/aromatic N) is 2. The van der Waals surface area contributed by atoms with Crippen molar-refractivity contribution in [1.29, 1.82) is 5.26 Å². The van der Waals surface area contributed by atoms with E-state index in [1.54, 1.807) is 24.3 Å². The number of hydrogen-bond acceptors (Lipinski definition) is 8. The van der Waals surface area contributed by atoms with Gasteiger partial charge in [-0.3, -0.25) is 10.1 Å². The first kappa shape index (κ1) is 17.5. The van der Waals surface area contributed by atoms with Crippen molar-refractivity contribution >= 4 is 5.69 Å². The predicted molar refractivity (Wildman–Crippen MR) is 96.4 cm³/mol. The summed E-state index contributed by atoms with van der Waals surface area (Å²) < 4.78 is 21.8. The van der Waals surface area contributed by atoms with E-state index in [0.717, 1.165) is 0 Å². The van der Waals surface area contributed by atoms with E-state index in [1.165, 1.54) is 13.2 Å². The van der Waals surface area contributed by atoms with Gasteiger partial charge in [0.1, 0.15) is 36.4 Å². The zero-order valence-electron chi connectivity index (χ0n) is 14.8. The molecular formula is C19H15N3O6. The minimum atomic E-state index is -0.658. The monoisotopic (exact) mass is 381 g/mol. The number of benzene rings is 2. The summed E-state index contributed by atoms with van der Waals surface area (Å²) in [6.45, 7) is 0.502. The van der Waals surface area contributed by atoms with Gasteiger partial charge in [0.15, 0.2) is 5.75 Å². The number of ether oxygens (including phenoxy) is 4. The summed E-state index contributed by atoms with van der Waals surface area (Å²) in [4.78, 5) is 11.0. The number of allylic oxidation sites excluding steroid dienone is 1. The third kappa shape index (κ3) is 2.72. The van der Waals surface area contributed by atoms with Crippen molar-refractivity contribution in [3.8, 4) is 29.1 Å². The molecule has 142 valence electrons. The molecule has 2 aliphatic rings. The van der Waals surface area contributed by atoms with Crippen LogP contribution in [0.25, 0.3) is 0 Å². The van der Waals surface area contributed by atoms with Crippen LogP contribution in [0.5, 0.6) is 23.0 Å². The molecule has 2 aliphatic heterocycles. The number of fused-ring (bicyclic) bond motifs is 2. The Bertz CT molecular complexity index is 1060. The number of nitro groups is 1. The molecule has 0 spiro atoms. The molecule has 9 heteroatoms. The molecular weight excluding hydrogens is 366 g/mol. The zero-order chi connectivity index (χ0) is 19.8. The van der Waals surface area contributed by atoms with Crippen molar-refractivity contribution in [3.05, 3.63) is 63.0 Å². The summed E-state index contributed by atoms with van der Waals surface area (Å²) >= 11 is 0. The maximum atomic E-state index is 11.6. The van der Waals surface area contributed by atoms with Crippen molar-refractivity contribution in [1.82, 2.24) is 0 Å². The summed E-state index contributed by atoms with van der Waals surface area (Å²) in [5.41, 5.74) is 7.00. The van der Waals surface area contributed by atoms with Gasteiger partial charge >= 0.3 is 5.69 Å². The lowest BCUT2D eigenvalue weighted by molar-refractivity contribution is -0.386. The number of nitrogens with two attached hydrogens (primary N) is 1. The van der Waals surface area contributed by atoms with Gasteiger partial charge < -0.3 is 24.7 Å². The molecule has 28 heavy (non-hydrogen) atoms. The van der Waals surface area contributed by atoms with Crippen LogP contribution in [0.1, 0.15) is 17.0 Å². The molecule has 1 atom stereocenters. The maximum absolute atomic E-state index is 11.6. The molecule has 0 aliphatic carbocycles. The highest BCUT2D eigenvalue weighted by molar-refractivity contribution is 5.64. The third-order valence-electron chi connectivity index (χ3n) is 4.60. The highest BCUT2D eigenvalue weighted by Gasteiger charge is 2.34. The Labute approximate surface area is 159 Å². The normalized spacial score (nSPS) is 17.2. The highest BCUT2D eigenvalue weighted by Crippen LogP contribution is 2.48. The van der Waals surface area contributed by atoms with E-state index in [-0.39, 0.29) is 41.9 Å². The molecule has 0 saturated carbocycles. The summed E-state index contributed by atoms with van der Waals surface area (Å²) in [5, 5.41) is 21.2. The Balaban J connectivity index is 1.94. The van der Waals surface area contributed by atoms with Crippen molar-refractivity contribution in [2.75, 3.05) is 20.3 Å². The largest absolute Gasteiger partial charge is 0.497 e. The molecule has 0 bridgehead atoms. The van der Waals surface area contributed by atoms with Crippen LogP contribution in [0, 0.1) is 21.4 Å². The van der Waals surface area contributed by atoms with Gasteiger partial charge in [-0.25, -0.2) is 0 Å². The molecule has 9 nitrogen and oxygen atoms in total. The zero-order valence-corrected chi connectivity index (χ0v) is 14.8. The van der Waals surface area contributed by atoms with Crippen LogP contribution in [0.3, 0.4) is 0 Å². The summed E-state index contributed by atoms with van der Waals surface area (Å²) in [7, 11) is 1.52. The molecule has 0 amide bonds. The van der Waals surface area contributed by atoms with E-state index >= 15 is 0 Å². The van der Waals surface area contributed by atoms with Crippen LogP contribution in [0.4, 0.5) is 5.69 Å². The molecule has 1 unspecified atom stereocenters. The number of rotatable bonds is 3. The van der Waals surface area contributed by atoms with Gasteiger partial charge in [0.05, 0.1) is 18.0 Å². The summed E-state index contributed by atoms with van der Waals surface area (Å²) in [6.07, 6.45) is 0. The molecule has 2 aromatic carbocycles. The lowest BCUT2D eigenvalue weighted by atomic mass is 9.83. The van der Waals surface area contributed by atoms with Gasteiger partial charge in [-0.05, 0) is 17.7 Å². The van der Waals surface area contributed by atoms with Crippen LogP contribution in [0.2, 0.25) is 0 Å². The second-order valence-electron chi connectivity index (χ2n) is 6.15. The van der Waals surface area contributed by atoms with Crippen LogP contribution < -0.4 is 24.7 Å². The first-order valence-corrected chi connectivity index (χ1v) is 8.37. The Morgan fingerprint density at radius 2 is 2.04 bits per heavy atom. The second-order valence-corrected chi connectivity index (χ2v) is 6.15. The van der Waals surface area contributed by atoms with E-state index in [2.05, 4.69) is 6.07 Å². The first-order valence-electron chi connectivity index (χ1n) is 8.37. The SMILES string of the molecule is COc1ccc2c(c1)OC(N)=C(C#N)C2c1cc2c(c([N+](=O)[O-])c1)OCCO2. The Hall–Kier alpha value is -3.93. The topological polar surface area (TPSA) is 130 Å². The molecule has 0 radical (unpaired) electrons. The van der Waals surface area contributed by atoms with Gasteiger partial charge in [-0.15, -0.1) is 0 Å². The average molecular weight is 381 g/mol. The van der Waals surface area contributed by atoms with Crippen LogP contribution in [0.15, 0.2) is 41.8 Å². The predicted octanol–water partition coefficient (Wildman–Crippen LogP) is 2.59. The molecule has 2 heterocycles. The fraction of sp³-hybridized carbons (Fsp3) is 0.211. The van der Waals surface area contributed by atoms with Gasteiger partial charge in [-0.2, -0.15) is 5.26 Å². The lowest BCUT2D eigenvalue weighted by Gasteiger charge is -2.27. The van der Waals surface area contributed by atoms with E-state index in [9.17, 15) is 15.4 Å². The van der Waals surface area contributed by atoms with E-state index in [0.29, 0.717) is 22.6 Å². The Kier molecular flexibility index (Phi) is 4.16. The molecule has 2 aromatic rings. The van der Waals surface area contributed by atoms with Crippen LogP contribution >= 0.6 is 0 Å². The first-order chi connectivity index (χ1) is 13.5. The fourth-order valence-electron chi connectivity index (χ4n) is 3.36. The molecule has 0 aromatic heterocycles. The third-order valence-corrected chi connectivity index (χ3v) is 4.60. The van der Waals surface area contributed by atoms with Gasteiger partial charge in [0.2, 0.25) is 11.6 Å². The average Bonchev–Trinajstić information content (AvgIpc) is 2.71. The standard InChI is InChI=1S/C19H15N3O6/c1-25-11-2-3-12-15(8-11)28-19(21)13(9-20)17(12)10-6-14(22(23)24)18-16(7-10)26-4-5-27-18/h2-3,6-8,17H,4-5,21H2,1H3. The van der Waals surface area contributed by atoms with Crippen LogP contribution in [-0.4, -0.2) is 25.2 Å². The maximum Gasteiger partial charge on any atom is 0.315 e. The minimum Gasteiger partial charge on any atom is -0.497 e. The van der Waals surface area contributed by atoms with Gasteiger partial charge in [-0.1, -0.05) is 6.07 Å². The van der Waals surface area contributed by atoms with Crippen molar-refractivity contribution < 1.29 is 23.9 Å². The quantitative estimate of drug-likeness (QED) is 0.634. The van der Waals surface area contributed by atoms with E-state index < -0.39 is 10.8 Å².